The zero-order valence-corrected chi connectivity index (χ0v) is 18.5. The first-order valence-corrected chi connectivity index (χ1v) is 10.4. The summed E-state index contributed by atoms with van der Waals surface area (Å²) in [6, 6.07) is 6.97. The van der Waals surface area contributed by atoms with E-state index >= 15 is 0 Å². The first-order chi connectivity index (χ1) is 14.8. The largest absolute Gasteiger partial charge is 0.466 e. The lowest BCUT2D eigenvalue weighted by Crippen LogP contribution is -2.64. The van der Waals surface area contributed by atoms with E-state index in [0.29, 0.717) is 5.96 Å². The molecule has 4 rings (SSSR count). The topological polar surface area (TPSA) is 85.8 Å². The number of nitrogens with zero attached hydrogens (tertiary/aromatic N) is 5. The number of carbonyl (C=O) groups is 3. The van der Waals surface area contributed by atoms with Crippen LogP contribution in [0.15, 0.2) is 40.7 Å². The molecule has 0 aromatic heterocycles. The number of aryl methyl sites for hydroxylation is 1. The lowest BCUT2D eigenvalue weighted by molar-refractivity contribution is -0.144. The van der Waals surface area contributed by atoms with Crippen molar-refractivity contribution in [3.63, 3.8) is 0 Å². The Morgan fingerprint density at radius 3 is 2.42 bits per heavy atom. The standard InChI is InChI=1S/C22H27N5O4/c1-6-31-17(28)11-12-25-20(29)18-19(24(5)22(25)30)23-21-26(14(3)15(4)27(18)21)16-9-7-13(2)8-10-16/h7-10,18-19H,6,11-12H2,1-5H3. The number of hydrogen-bond acceptors (Lipinski definition) is 7. The maximum Gasteiger partial charge on any atom is 0.328 e. The first-order valence-electron chi connectivity index (χ1n) is 10.4. The first kappa shape index (κ1) is 20.9. The summed E-state index contributed by atoms with van der Waals surface area (Å²) < 4.78 is 4.94. The van der Waals surface area contributed by atoms with Gasteiger partial charge in [0.15, 0.2) is 12.2 Å². The molecule has 1 saturated heterocycles. The molecule has 3 aliphatic heterocycles. The van der Waals surface area contributed by atoms with Gasteiger partial charge >= 0.3 is 12.0 Å². The number of anilines is 1. The second-order valence-electron chi connectivity index (χ2n) is 7.94. The van der Waals surface area contributed by atoms with E-state index in [1.165, 1.54) is 4.90 Å². The molecule has 2 unspecified atom stereocenters. The third-order valence-corrected chi connectivity index (χ3v) is 6.03. The van der Waals surface area contributed by atoms with Gasteiger partial charge in [0.2, 0.25) is 5.96 Å². The number of fused-ring (bicyclic) bond motifs is 3. The number of urea groups is 1. The number of rotatable bonds is 5. The maximum absolute atomic E-state index is 13.4. The molecule has 0 aliphatic carbocycles. The second-order valence-corrected chi connectivity index (χ2v) is 7.94. The highest BCUT2D eigenvalue weighted by molar-refractivity contribution is 6.10. The van der Waals surface area contributed by atoms with Crippen LogP contribution in [0, 0.1) is 6.92 Å². The fourth-order valence-corrected chi connectivity index (χ4v) is 4.26. The molecule has 9 heteroatoms. The molecule has 0 saturated carbocycles. The van der Waals surface area contributed by atoms with E-state index in [1.807, 2.05) is 54.8 Å². The van der Waals surface area contributed by atoms with Crippen LogP contribution >= 0.6 is 0 Å². The SMILES string of the molecule is CCOC(=O)CCN1C(=O)C2C(N=C3N(c4ccc(C)cc4)C(C)=C(C)N32)N(C)C1=O. The van der Waals surface area contributed by atoms with Gasteiger partial charge in [0.25, 0.3) is 5.91 Å². The van der Waals surface area contributed by atoms with Crippen LogP contribution in [-0.2, 0) is 14.3 Å². The van der Waals surface area contributed by atoms with E-state index in [0.717, 1.165) is 27.5 Å². The molecule has 164 valence electrons. The molecule has 2 atom stereocenters. The highest BCUT2D eigenvalue weighted by Crippen LogP contribution is 2.39. The number of guanidine groups is 1. The van der Waals surface area contributed by atoms with Crippen LogP contribution < -0.4 is 4.90 Å². The summed E-state index contributed by atoms with van der Waals surface area (Å²) in [6.07, 6.45) is -0.655. The minimum absolute atomic E-state index is 0.0172. The number of esters is 1. The summed E-state index contributed by atoms with van der Waals surface area (Å²) in [4.78, 5) is 49.3. The zero-order valence-electron chi connectivity index (χ0n) is 18.5. The molecule has 1 fully saturated rings. The highest BCUT2D eigenvalue weighted by atomic mass is 16.5. The number of imide groups is 1. The molecule has 3 heterocycles. The summed E-state index contributed by atoms with van der Waals surface area (Å²) in [5, 5.41) is 0. The van der Waals surface area contributed by atoms with Crippen molar-refractivity contribution in [3.8, 4) is 0 Å². The van der Waals surface area contributed by atoms with Gasteiger partial charge < -0.3 is 9.64 Å². The van der Waals surface area contributed by atoms with Gasteiger partial charge in [-0.2, -0.15) is 0 Å². The van der Waals surface area contributed by atoms with Crippen molar-refractivity contribution in [1.82, 2.24) is 14.7 Å². The van der Waals surface area contributed by atoms with E-state index in [9.17, 15) is 14.4 Å². The van der Waals surface area contributed by atoms with Crippen molar-refractivity contribution in [3.05, 3.63) is 41.2 Å². The van der Waals surface area contributed by atoms with Gasteiger partial charge in [-0.3, -0.25) is 24.3 Å². The quantitative estimate of drug-likeness (QED) is 0.673. The Morgan fingerprint density at radius 2 is 1.77 bits per heavy atom. The highest BCUT2D eigenvalue weighted by Gasteiger charge is 2.55. The Bertz CT molecular complexity index is 1000. The fraction of sp³-hybridized carbons (Fsp3) is 0.455. The van der Waals surface area contributed by atoms with E-state index < -0.39 is 24.2 Å². The number of aliphatic imine (C=N–C) groups is 1. The number of hydrogen-bond donors (Lipinski definition) is 0. The Balaban J connectivity index is 1.65. The van der Waals surface area contributed by atoms with Crippen molar-refractivity contribution < 1.29 is 19.1 Å². The van der Waals surface area contributed by atoms with Crippen molar-refractivity contribution in [2.45, 2.75) is 46.3 Å². The summed E-state index contributed by atoms with van der Waals surface area (Å²) in [6.45, 7) is 7.93. The van der Waals surface area contributed by atoms with Crippen LogP contribution in [0.25, 0.3) is 0 Å². The smallest absolute Gasteiger partial charge is 0.328 e. The molecular formula is C22H27N5O4. The molecule has 0 spiro atoms. The monoisotopic (exact) mass is 425 g/mol. The molecule has 0 bridgehead atoms. The van der Waals surface area contributed by atoms with Gasteiger partial charge in [-0.15, -0.1) is 0 Å². The van der Waals surface area contributed by atoms with E-state index in [4.69, 9.17) is 9.73 Å². The number of allylic oxidation sites excluding steroid dienone is 2. The molecule has 3 amide bonds. The molecule has 3 aliphatic rings. The normalized spacial score (nSPS) is 22.8. The predicted molar refractivity (Wildman–Crippen MR) is 115 cm³/mol. The minimum atomic E-state index is -0.662. The molecule has 1 aromatic rings. The van der Waals surface area contributed by atoms with Gasteiger partial charge in [-0.25, -0.2) is 9.79 Å². The van der Waals surface area contributed by atoms with Crippen LogP contribution in [0.3, 0.4) is 0 Å². The Morgan fingerprint density at radius 1 is 1.10 bits per heavy atom. The van der Waals surface area contributed by atoms with E-state index in [-0.39, 0.29) is 25.5 Å². The van der Waals surface area contributed by atoms with Gasteiger partial charge in [0, 0.05) is 30.7 Å². The van der Waals surface area contributed by atoms with Crippen molar-refractivity contribution in [2.75, 3.05) is 25.1 Å². The molecule has 31 heavy (non-hydrogen) atoms. The minimum Gasteiger partial charge on any atom is -0.466 e. The number of carbonyl (C=O) groups excluding carboxylic acids is 3. The lowest BCUT2D eigenvalue weighted by atomic mass is 10.1. The Labute approximate surface area is 181 Å². The molecular weight excluding hydrogens is 398 g/mol. The average molecular weight is 425 g/mol. The summed E-state index contributed by atoms with van der Waals surface area (Å²) in [5.41, 5.74) is 3.99. The molecule has 9 nitrogen and oxygen atoms in total. The van der Waals surface area contributed by atoms with Crippen molar-refractivity contribution in [1.29, 1.82) is 0 Å². The van der Waals surface area contributed by atoms with Crippen LogP contribution in [-0.4, -0.2) is 71.0 Å². The average Bonchev–Trinajstić information content (AvgIpc) is 3.23. The summed E-state index contributed by atoms with van der Waals surface area (Å²) >= 11 is 0. The van der Waals surface area contributed by atoms with Crippen molar-refractivity contribution >= 4 is 29.6 Å². The summed E-state index contributed by atoms with van der Waals surface area (Å²) in [5.74, 6) is -0.155. The van der Waals surface area contributed by atoms with Crippen LogP contribution in [0.1, 0.15) is 32.8 Å². The number of ether oxygens (including phenoxy) is 1. The Kier molecular flexibility index (Phi) is 5.20. The van der Waals surface area contributed by atoms with E-state index in [1.54, 1.807) is 14.0 Å². The number of benzene rings is 1. The predicted octanol–water partition coefficient (Wildman–Crippen LogP) is 2.28. The number of likely N-dealkylation sites (N-methyl/N-ethyl adjacent to an activating group) is 1. The third-order valence-electron chi connectivity index (χ3n) is 6.03. The van der Waals surface area contributed by atoms with Crippen LogP contribution in [0.5, 0.6) is 0 Å². The van der Waals surface area contributed by atoms with Gasteiger partial charge in [0.05, 0.1) is 13.0 Å². The van der Waals surface area contributed by atoms with Gasteiger partial charge in [-0.1, -0.05) is 17.7 Å². The number of amides is 3. The van der Waals surface area contributed by atoms with Crippen LogP contribution in [0.4, 0.5) is 10.5 Å². The van der Waals surface area contributed by atoms with Gasteiger partial charge in [-0.05, 0) is 39.8 Å². The maximum atomic E-state index is 13.4. The fourth-order valence-electron chi connectivity index (χ4n) is 4.26. The Hall–Kier alpha value is -3.36. The molecule has 0 N–H and O–H groups in total. The van der Waals surface area contributed by atoms with Crippen LogP contribution in [0.2, 0.25) is 0 Å². The molecule has 0 radical (unpaired) electrons. The lowest BCUT2D eigenvalue weighted by Gasteiger charge is -2.40. The zero-order chi connectivity index (χ0) is 22.4. The van der Waals surface area contributed by atoms with Crippen molar-refractivity contribution in [2.24, 2.45) is 4.99 Å². The molecule has 1 aromatic carbocycles. The van der Waals surface area contributed by atoms with E-state index in [2.05, 4.69) is 0 Å². The second kappa shape index (κ2) is 7.72. The van der Waals surface area contributed by atoms with Gasteiger partial charge in [0.1, 0.15) is 0 Å². The summed E-state index contributed by atoms with van der Waals surface area (Å²) in [7, 11) is 1.64. The third kappa shape index (κ3) is 3.24.